The predicted octanol–water partition coefficient (Wildman–Crippen LogP) is 3.33. The van der Waals surface area contributed by atoms with Crippen molar-refractivity contribution in [1.29, 1.82) is 5.26 Å². The zero-order valence-corrected chi connectivity index (χ0v) is 15.5. The van der Waals surface area contributed by atoms with Crippen LogP contribution in [0.15, 0.2) is 54.6 Å². The number of nitrogens with one attached hydrogen (secondary N) is 1. The van der Waals surface area contributed by atoms with Gasteiger partial charge in [0.15, 0.2) is 0 Å². The molecule has 1 aliphatic rings. The van der Waals surface area contributed by atoms with E-state index in [1.807, 2.05) is 37.3 Å². The molecule has 27 heavy (non-hydrogen) atoms. The van der Waals surface area contributed by atoms with E-state index in [2.05, 4.69) is 16.3 Å². The summed E-state index contributed by atoms with van der Waals surface area (Å²) in [4.78, 5) is 14.7. The number of likely N-dealkylation sites (tertiary alicyclic amines) is 1. The monoisotopic (exact) mass is 363 g/mol. The van der Waals surface area contributed by atoms with Gasteiger partial charge >= 0.3 is 0 Å². The Hall–Kier alpha value is -2.68. The van der Waals surface area contributed by atoms with E-state index in [-0.39, 0.29) is 17.9 Å². The number of rotatable bonds is 5. The minimum Gasteiger partial charge on any atom is -0.388 e. The Morgan fingerprint density at radius 3 is 2.56 bits per heavy atom. The van der Waals surface area contributed by atoms with Crippen LogP contribution in [-0.2, 0) is 4.79 Å². The van der Waals surface area contributed by atoms with E-state index in [1.54, 1.807) is 24.3 Å². The molecule has 0 spiro atoms. The Morgan fingerprint density at radius 1 is 1.19 bits per heavy atom. The number of aliphatic hydroxyl groups excluding tert-OH is 1. The van der Waals surface area contributed by atoms with E-state index in [1.165, 1.54) is 0 Å². The average Bonchev–Trinajstić information content (AvgIpc) is 2.73. The van der Waals surface area contributed by atoms with Gasteiger partial charge < -0.3 is 10.4 Å². The van der Waals surface area contributed by atoms with Crippen molar-refractivity contribution in [2.24, 2.45) is 5.92 Å². The second-order valence-electron chi connectivity index (χ2n) is 7.09. The van der Waals surface area contributed by atoms with Gasteiger partial charge in [-0.15, -0.1) is 0 Å². The van der Waals surface area contributed by atoms with Crippen LogP contribution < -0.4 is 5.32 Å². The maximum absolute atomic E-state index is 12.6. The molecular weight excluding hydrogens is 338 g/mol. The second-order valence-corrected chi connectivity index (χ2v) is 7.09. The first kappa shape index (κ1) is 19.1. The number of amides is 1. The molecule has 0 radical (unpaired) electrons. The van der Waals surface area contributed by atoms with E-state index in [4.69, 9.17) is 5.26 Å². The molecule has 1 fully saturated rings. The summed E-state index contributed by atoms with van der Waals surface area (Å²) in [5.41, 5.74) is 2.12. The minimum absolute atomic E-state index is 0.0767. The molecule has 5 heteroatoms. The van der Waals surface area contributed by atoms with Crippen molar-refractivity contribution in [3.63, 3.8) is 0 Å². The van der Waals surface area contributed by atoms with Crippen molar-refractivity contribution in [3.05, 3.63) is 65.7 Å². The van der Waals surface area contributed by atoms with Crippen LogP contribution in [0, 0.1) is 17.2 Å². The summed E-state index contributed by atoms with van der Waals surface area (Å²) in [5, 5.41) is 22.5. The molecule has 0 aliphatic carbocycles. The largest absolute Gasteiger partial charge is 0.388 e. The van der Waals surface area contributed by atoms with Crippen LogP contribution in [0.2, 0.25) is 0 Å². The lowest BCUT2D eigenvalue weighted by Crippen LogP contribution is -2.46. The molecule has 2 atom stereocenters. The molecule has 0 saturated carbocycles. The van der Waals surface area contributed by atoms with Crippen molar-refractivity contribution in [2.45, 2.75) is 31.9 Å². The minimum atomic E-state index is -0.453. The van der Waals surface area contributed by atoms with Gasteiger partial charge in [-0.25, -0.2) is 0 Å². The Kier molecular flexibility index (Phi) is 6.23. The van der Waals surface area contributed by atoms with Crippen molar-refractivity contribution in [3.8, 4) is 6.07 Å². The summed E-state index contributed by atoms with van der Waals surface area (Å²) >= 11 is 0. The second kappa shape index (κ2) is 8.81. The molecule has 2 unspecified atom stereocenters. The Labute approximate surface area is 160 Å². The van der Waals surface area contributed by atoms with Crippen LogP contribution in [0.1, 0.15) is 37.0 Å². The van der Waals surface area contributed by atoms with Crippen LogP contribution in [0.3, 0.4) is 0 Å². The Bertz CT molecular complexity index is 808. The standard InChI is InChI=1S/C22H25N3O2/c1-16(22(27)24-20-9-5-6-17(14-20)15-23)25-12-10-19(11-13-25)21(26)18-7-3-2-4-8-18/h2-9,14,16,19,21,26H,10-13H2,1H3,(H,24,27). The Morgan fingerprint density at radius 2 is 1.89 bits per heavy atom. The topological polar surface area (TPSA) is 76.4 Å². The summed E-state index contributed by atoms with van der Waals surface area (Å²) in [6, 6.07) is 18.5. The number of hydrogen-bond acceptors (Lipinski definition) is 4. The SMILES string of the molecule is CC(C(=O)Nc1cccc(C#N)c1)N1CCC(C(O)c2ccccc2)CC1. The number of anilines is 1. The number of aliphatic hydroxyl groups is 1. The number of carbonyl (C=O) groups excluding carboxylic acids is 1. The molecule has 1 saturated heterocycles. The highest BCUT2D eigenvalue weighted by molar-refractivity contribution is 5.94. The highest BCUT2D eigenvalue weighted by Gasteiger charge is 2.30. The number of benzene rings is 2. The van der Waals surface area contributed by atoms with Crippen LogP contribution in [0.4, 0.5) is 5.69 Å². The fraction of sp³-hybridized carbons (Fsp3) is 0.364. The van der Waals surface area contributed by atoms with Gasteiger partial charge in [0.25, 0.3) is 0 Å². The van der Waals surface area contributed by atoms with E-state index < -0.39 is 6.10 Å². The number of nitrogens with zero attached hydrogens (tertiary/aromatic N) is 2. The van der Waals surface area contributed by atoms with Gasteiger partial charge in [-0.1, -0.05) is 36.4 Å². The van der Waals surface area contributed by atoms with Gasteiger partial charge in [0, 0.05) is 5.69 Å². The third-order valence-electron chi connectivity index (χ3n) is 5.35. The smallest absolute Gasteiger partial charge is 0.241 e. The van der Waals surface area contributed by atoms with Crippen molar-refractivity contribution < 1.29 is 9.90 Å². The van der Waals surface area contributed by atoms with E-state index >= 15 is 0 Å². The van der Waals surface area contributed by atoms with E-state index in [9.17, 15) is 9.90 Å². The van der Waals surface area contributed by atoms with Gasteiger partial charge in [0.2, 0.25) is 5.91 Å². The molecule has 2 aromatic carbocycles. The summed E-state index contributed by atoms with van der Waals surface area (Å²) in [6.07, 6.45) is 1.26. The third-order valence-corrected chi connectivity index (χ3v) is 5.35. The first-order valence-corrected chi connectivity index (χ1v) is 9.36. The quantitative estimate of drug-likeness (QED) is 0.854. The lowest BCUT2D eigenvalue weighted by molar-refractivity contribution is -0.121. The normalized spacial score (nSPS) is 17.7. The summed E-state index contributed by atoms with van der Waals surface area (Å²) in [5.74, 6) is 0.137. The van der Waals surface area contributed by atoms with Gasteiger partial charge in [0.05, 0.1) is 23.8 Å². The lowest BCUT2D eigenvalue weighted by atomic mass is 9.87. The van der Waals surface area contributed by atoms with Crippen molar-refractivity contribution >= 4 is 11.6 Å². The van der Waals surface area contributed by atoms with Gasteiger partial charge in [-0.3, -0.25) is 9.69 Å². The van der Waals surface area contributed by atoms with E-state index in [0.29, 0.717) is 11.3 Å². The van der Waals surface area contributed by atoms with Crippen LogP contribution in [0.25, 0.3) is 0 Å². The van der Waals surface area contributed by atoms with E-state index in [0.717, 1.165) is 31.5 Å². The van der Waals surface area contributed by atoms with Crippen LogP contribution in [0.5, 0.6) is 0 Å². The van der Waals surface area contributed by atoms with Crippen molar-refractivity contribution in [1.82, 2.24) is 4.90 Å². The number of nitriles is 1. The fourth-order valence-electron chi connectivity index (χ4n) is 3.62. The zero-order chi connectivity index (χ0) is 19.2. The molecule has 0 aromatic heterocycles. The molecule has 140 valence electrons. The molecule has 5 nitrogen and oxygen atoms in total. The molecule has 1 aliphatic heterocycles. The highest BCUT2D eigenvalue weighted by atomic mass is 16.3. The fourth-order valence-corrected chi connectivity index (χ4v) is 3.62. The average molecular weight is 363 g/mol. The van der Waals surface area contributed by atoms with Gasteiger partial charge in [-0.2, -0.15) is 5.26 Å². The molecular formula is C22H25N3O2. The zero-order valence-electron chi connectivity index (χ0n) is 15.5. The summed E-state index contributed by atoms with van der Waals surface area (Å²) < 4.78 is 0. The molecule has 0 bridgehead atoms. The number of carbonyl (C=O) groups is 1. The number of hydrogen-bond donors (Lipinski definition) is 2. The first-order chi connectivity index (χ1) is 13.1. The summed E-state index contributed by atoms with van der Waals surface area (Å²) in [7, 11) is 0. The lowest BCUT2D eigenvalue weighted by Gasteiger charge is -2.37. The molecule has 2 aromatic rings. The predicted molar refractivity (Wildman–Crippen MR) is 105 cm³/mol. The number of piperidine rings is 1. The van der Waals surface area contributed by atoms with Crippen LogP contribution >= 0.6 is 0 Å². The third kappa shape index (κ3) is 4.73. The molecule has 1 amide bonds. The Balaban J connectivity index is 1.54. The molecule has 1 heterocycles. The molecule has 3 rings (SSSR count). The maximum atomic E-state index is 12.6. The summed E-state index contributed by atoms with van der Waals surface area (Å²) in [6.45, 7) is 3.46. The molecule has 2 N–H and O–H groups in total. The maximum Gasteiger partial charge on any atom is 0.241 e. The first-order valence-electron chi connectivity index (χ1n) is 9.36. The van der Waals surface area contributed by atoms with Crippen molar-refractivity contribution in [2.75, 3.05) is 18.4 Å². The van der Waals surface area contributed by atoms with Gasteiger partial charge in [-0.05, 0) is 62.5 Å². The van der Waals surface area contributed by atoms with Gasteiger partial charge in [0.1, 0.15) is 0 Å². The van der Waals surface area contributed by atoms with Crippen LogP contribution in [-0.4, -0.2) is 35.0 Å². The highest BCUT2D eigenvalue weighted by Crippen LogP contribution is 2.31.